The van der Waals surface area contributed by atoms with Gasteiger partial charge in [0, 0.05) is 34.1 Å². The first-order valence-electron chi connectivity index (χ1n) is 16.9. The van der Waals surface area contributed by atoms with Gasteiger partial charge in [-0.15, -0.1) is 0 Å². The Hall–Kier alpha value is -3.68. The van der Waals surface area contributed by atoms with Crippen LogP contribution in [0.3, 0.4) is 0 Å². The van der Waals surface area contributed by atoms with Crippen LogP contribution in [0, 0.1) is 48.3 Å². The molecule has 10 aliphatic rings. The van der Waals surface area contributed by atoms with E-state index in [-0.39, 0.29) is 71.2 Å². The van der Waals surface area contributed by atoms with E-state index in [4.69, 9.17) is 18.9 Å². The molecule has 10 atom stereocenters. The van der Waals surface area contributed by atoms with Crippen molar-refractivity contribution in [3.05, 3.63) is 56.6 Å². The highest BCUT2D eigenvalue weighted by Gasteiger charge is 2.71. The van der Waals surface area contributed by atoms with Crippen molar-refractivity contribution in [2.45, 2.75) is 90.3 Å². The van der Waals surface area contributed by atoms with Crippen LogP contribution in [0.5, 0.6) is 11.5 Å². The zero-order valence-electron chi connectivity index (χ0n) is 27.3. The first kappa shape index (κ1) is 28.5. The Morgan fingerprint density at radius 3 is 1.41 bits per heavy atom. The third-order valence-electron chi connectivity index (χ3n) is 13.9. The van der Waals surface area contributed by atoms with Gasteiger partial charge in [-0.25, -0.2) is 0 Å². The second-order valence-electron chi connectivity index (χ2n) is 15.3. The van der Waals surface area contributed by atoms with Crippen LogP contribution in [-0.2, 0) is 31.9 Å². The predicted molar refractivity (Wildman–Crippen MR) is 165 cm³/mol. The van der Waals surface area contributed by atoms with Gasteiger partial charge in [0.05, 0.1) is 36.9 Å². The van der Waals surface area contributed by atoms with E-state index in [0.29, 0.717) is 0 Å². The molecule has 8 nitrogen and oxygen atoms in total. The van der Waals surface area contributed by atoms with Crippen LogP contribution in [0.25, 0.3) is 0 Å². The first-order valence-corrected chi connectivity index (χ1v) is 16.9. The van der Waals surface area contributed by atoms with Crippen LogP contribution in [-0.4, -0.2) is 49.9 Å². The number of aryl methyl sites for hydroxylation is 2. The molecule has 2 saturated carbocycles. The molecule has 4 heterocycles. The zero-order valence-corrected chi connectivity index (χ0v) is 27.3. The number of rotatable bonds is 2. The van der Waals surface area contributed by atoms with Crippen LogP contribution in [0.4, 0.5) is 0 Å². The molecular weight excluding hydrogens is 584 g/mol. The molecule has 2 aromatic carbocycles. The molecule has 240 valence electrons. The second-order valence-corrected chi connectivity index (χ2v) is 15.3. The van der Waals surface area contributed by atoms with Gasteiger partial charge in [-0.2, -0.15) is 0 Å². The fourth-order valence-electron chi connectivity index (χ4n) is 11.9. The fraction of sp³-hybridized carbons (Fsp3) is 0.579. The minimum atomic E-state index is -0.492. The highest BCUT2D eigenvalue weighted by atomic mass is 16.6. The number of methoxy groups -OCH3 is 2. The summed E-state index contributed by atoms with van der Waals surface area (Å²) in [5.74, 6) is 2.02. The summed E-state index contributed by atoms with van der Waals surface area (Å²) in [5.41, 5.74) is 7.15. The van der Waals surface area contributed by atoms with Gasteiger partial charge in [0.15, 0.2) is 11.6 Å². The Labute approximate surface area is 268 Å². The van der Waals surface area contributed by atoms with Gasteiger partial charge in [0.25, 0.3) is 0 Å². The Bertz CT molecular complexity index is 1690. The van der Waals surface area contributed by atoms with Crippen molar-refractivity contribution >= 4 is 23.5 Å². The van der Waals surface area contributed by atoms with E-state index in [9.17, 15) is 19.2 Å². The smallest absolute Gasteiger partial charge is 0.313 e. The summed E-state index contributed by atoms with van der Waals surface area (Å²) >= 11 is 0. The predicted octanol–water partition coefficient (Wildman–Crippen LogP) is 5.60. The van der Waals surface area contributed by atoms with Crippen LogP contribution in [0.1, 0.15) is 105 Å². The largest absolute Gasteiger partial charge is 0.496 e. The molecule has 2 aromatic rings. The number of ether oxygens (including phenoxy) is 4. The minimum absolute atomic E-state index is 0.0216. The van der Waals surface area contributed by atoms with E-state index in [1.807, 2.05) is 13.8 Å². The van der Waals surface area contributed by atoms with Crippen molar-refractivity contribution in [2.75, 3.05) is 14.2 Å². The number of carbonyl (C=O) groups is 4. The third-order valence-corrected chi connectivity index (χ3v) is 13.9. The molecule has 4 saturated heterocycles. The number of carbonyl (C=O) groups excluding carboxylic acids is 4. The van der Waals surface area contributed by atoms with Crippen LogP contribution >= 0.6 is 0 Å². The van der Waals surface area contributed by atoms with Crippen LogP contribution in [0.15, 0.2) is 12.1 Å². The van der Waals surface area contributed by atoms with Gasteiger partial charge in [0.1, 0.15) is 23.7 Å². The number of hydrogen-bond acceptors (Lipinski definition) is 8. The lowest BCUT2D eigenvalue weighted by Crippen LogP contribution is -2.61. The standard InChI is InChI=1S/2C19H20O4/c2*1-8-6-12-15-16-14-10(4-5-19(8,16)18(21)23-12)7-11(22-3)9(2)13(14)17(15)20/h2*7-8,12,15-16H,4-6H2,1-3H3/t2*8-,12+,15+,16+,19-/m10/s1. The summed E-state index contributed by atoms with van der Waals surface area (Å²) in [7, 11) is 3.30. The lowest BCUT2D eigenvalue weighted by Gasteiger charge is -2.57. The maximum absolute atomic E-state index is 13.2. The molecule has 6 aliphatic carbocycles. The van der Waals surface area contributed by atoms with Gasteiger partial charge < -0.3 is 18.9 Å². The van der Waals surface area contributed by atoms with Crippen molar-refractivity contribution in [1.29, 1.82) is 0 Å². The molecule has 0 N–H and O–H groups in total. The van der Waals surface area contributed by atoms with E-state index in [0.717, 1.165) is 83.4 Å². The molecule has 4 aliphatic heterocycles. The summed E-state index contributed by atoms with van der Waals surface area (Å²) in [6.45, 7) is 8.24. The Morgan fingerprint density at radius 2 is 1.07 bits per heavy atom. The highest BCUT2D eigenvalue weighted by Crippen LogP contribution is 2.69. The lowest BCUT2D eigenvalue weighted by molar-refractivity contribution is -0.204. The molecule has 0 radical (unpaired) electrons. The van der Waals surface area contributed by atoms with Crippen molar-refractivity contribution in [1.82, 2.24) is 0 Å². The molecule has 12 rings (SSSR count). The monoisotopic (exact) mass is 624 g/mol. The number of esters is 2. The van der Waals surface area contributed by atoms with Gasteiger partial charge in [-0.3, -0.25) is 19.2 Å². The van der Waals surface area contributed by atoms with E-state index < -0.39 is 10.8 Å². The summed E-state index contributed by atoms with van der Waals surface area (Å²) < 4.78 is 22.4. The normalized spacial score (nSPS) is 39.3. The first-order chi connectivity index (χ1) is 22.0. The Balaban J connectivity index is 0.000000127. The molecule has 8 heteroatoms. The van der Waals surface area contributed by atoms with Gasteiger partial charge in [-0.05, 0) is 98.6 Å². The van der Waals surface area contributed by atoms with Crippen molar-refractivity contribution in [3.8, 4) is 11.5 Å². The maximum atomic E-state index is 13.2. The molecule has 4 bridgehead atoms. The SMILES string of the molecule is COc1cc2c3c(c1C)C(=O)[C@H]1[C@@H]3[C@@]3(CC2)C(=O)O[C@@H]1C[C@@H]3C.COc1cc2c3c(c1C)C(=O)[C@H]1[C@@H]4C[C@@H](C)[C@@](CC2)(C(=O)O4)[C@@H]31. The summed E-state index contributed by atoms with van der Waals surface area (Å²) in [4.78, 5) is 51.9. The quantitative estimate of drug-likeness (QED) is 0.398. The zero-order chi connectivity index (χ0) is 32.2. The van der Waals surface area contributed by atoms with Crippen molar-refractivity contribution in [2.24, 2.45) is 34.5 Å². The maximum Gasteiger partial charge on any atom is 0.313 e. The van der Waals surface area contributed by atoms with Gasteiger partial charge in [0.2, 0.25) is 0 Å². The van der Waals surface area contributed by atoms with Crippen LogP contribution < -0.4 is 9.47 Å². The number of fused-ring (bicyclic) bond motifs is 4. The van der Waals surface area contributed by atoms with E-state index >= 15 is 0 Å². The molecule has 46 heavy (non-hydrogen) atoms. The average molecular weight is 625 g/mol. The third kappa shape index (κ3) is 2.99. The number of Topliss-reactive ketones (excluding diaryl/α,β-unsaturated/α-hetero) is 2. The summed E-state index contributed by atoms with van der Waals surface area (Å²) in [5, 5.41) is 0. The summed E-state index contributed by atoms with van der Waals surface area (Å²) in [6, 6.07) is 4.16. The summed E-state index contributed by atoms with van der Waals surface area (Å²) in [6.07, 6.45) is 4.34. The molecule has 2 spiro atoms. The molecule has 0 aromatic heterocycles. The van der Waals surface area contributed by atoms with E-state index in [1.165, 1.54) is 11.1 Å². The second kappa shape index (κ2) is 9.02. The number of ketones is 2. The minimum Gasteiger partial charge on any atom is -0.496 e. The molecule has 0 amide bonds. The molecule has 6 fully saturated rings. The van der Waals surface area contributed by atoms with Gasteiger partial charge >= 0.3 is 11.9 Å². The Kier molecular flexibility index (Phi) is 5.59. The van der Waals surface area contributed by atoms with Crippen molar-refractivity contribution in [3.63, 3.8) is 0 Å². The topological polar surface area (TPSA) is 105 Å². The number of benzene rings is 2. The Morgan fingerprint density at radius 1 is 0.674 bits per heavy atom. The molecular formula is C38H40O8. The van der Waals surface area contributed by atoms with Crippen LogP contribution in [0.2, 0.25) is 0 Å². The van der Waals surface area contributed by atoms with Crippen molar-refractivity contribution < 1.29 is 38.1 Å². The van der Waals surface area contributed by atoms with E-state index in [1.54, 1.807) is 14.2 Å². The fourth-order valence-corrected chi connectivity index (χ4v) is 11.9. The lowest BCUT2D eigenvalue weighted by atomic mass is 9.50. The highest BCUT2D eigenvalue weighted by molar-refractivity contribution is 6.09. The van der Waals surface area contributed by atoms with Gasteiger partial charge in [-0.1, -0.05) is 13.8 Å². The number of hydrogen-bond donors (Lipinski definition) is 0. The molecule has 0 unspecified atom stereocenters. The average Bonchev–Trinajstić information content (AvgIpc) is 3.53. The van der Waals surface area contributed by atoms with E-state index in [2.05, 4.69) is 26.0 Å².